The van der Waals surface area contributed by atoms with Crippen LogP contribution in [-0.4, -0.2) is 72.4 Å². The summed E-state index contributed by atoms with van der Waals surface area (Å²) in [6.45, 7) is 7.64. The first-order valence-corrected chi connectivity index (χ1v) is 7.41. The number of furan rings is 1. The molecule has 6 nitrogen and oxygen atoms in total. The van der Waals surface area contributed by atoms with E-state index in [-0.39, 0.29) is 12.0 Å². The summed E-state index contributed by atoms with van der Waals surface area (Å²) in [7, 11) is 0. The maximum Gasteiger partial charge on any atom is 0.289 e. The van der Waals surface area contributed by atoms with Gasteiger partial charge >= 0.3 is 0 Å². The molecule has 0 saturated carbocycles. The number of amides is 1. The molecular formula is C15H24N2O4. The van der Waals surface area contributed by atoms with Gasteiger partial charge in [0, 0.05) is 32.7 Å². The summed E-state index contributed by atoms with van der Waals surface area (Å²) in [6, 6.07) is 3.40. The molecule has 1 aliphatic heterocycles. The highest BCUT2D eigenvalue weighted by molar-refractivity contribution is 5.91. The van der Waals surface area contributed by atoms with Gasteiger partial charge in [-0.3, -0.25) is 9.69 Å². The van der Waals surface area contributed by atoms with E-state index in [1.165, 1.54) is 6.26 Å². The number of aliphatic hydroxyl groups is 1. The molecule has 0 radical (unpaired) electrons. The van der Waals surface area contributed by atoms with Gasteiger partial charge in [0.1, 0.15) is 0 Å². The van der Waals surface area contributed by atoms with E-state index in [9.17, 15) is 9.90 Å². The fourth-order valence-electron chi connectivity index (χ4n) is 2.34. The summed E-state index contributed by atoms with van der Waals surface area (Å²) >= 11 is 0. The van der Waals surface area contributed by atoms with Crippen LogP contribution < -0.4 is 0 Å². The van der Waals surface area contributed by atoms with Crippen molar-refractivity contribution in [3.8, 4) is 0 Å². The van der Waals surface area contributed by atoms with Crippen LogP contribution in [0.15, 0.2) is 22.8 Å². The van der Waals surface area contributed by atoms with E-state index >= 15 is 0 Å². The van der Waals surface area contributed by atoms with Crippen molar-refractivity contribution < 1.29 is 19.1 Å². The summed E-state index contributed by atoms with van der Waals surface area (Å²) in [5.41, 5.74) is 0. The normalized spacial score (nSPS) is 18.2. The van der Waals surface area contributed by atoms with Crippen molar-refractivity contribution in [2.24, 2.45) is 0 Å². The van der Waals surface area contributed by atoms with Gasteiger partial charge in [0.2, 0.25) is 0 Å². The lowest BCUT2D eigenvalue weighted by Crippen LogP contribution is -2.50. The molecule has 2 heterocycles. The number of piperazine rings is 1. The minimum absolute atomic E-state index is 0.0664. The Morgan fingerprint density at radius 2 is 2.10 bits per heavy atom. The first kappa shape index (κ1) is 16.0. The summed E-state index contributed by atoms with van der Waals surface area (Å²) in [5, 5.41) is 9.91. The smallest absolute Gasteiger partial charge is 0.289 e. The van der Waals surface area contributed by atoms with Crippen LogP contribution in [0, 0.1) is 0 Å². The first-order chi connectivity index (χ1) is 10.1. The van der Waals surface area contributed by atoms with Crippen LogP contribution in [0.5, 0.6) is 0 Å². The molecule has 1 aliphatic rings. The van der Waals surface area contributed by atoms with Crippen LogP contribution in [0.1, 0.15) is 24.4 Å². The SMILES string of the molecule is CC(C)OCC(O)CN1CCN(C(=O)c2ccco2)CC1. The zero-order valence-electron chi connectivity index (χ0n) is 12.7. The lowest BCUT2D eigenvalue weighted by atomic mass is 10.2. The Morgan fingerprint density at radius 3 is 2.67 bits per heavy atom. The molecule has 0 bridgehead atoms. The highest BCUT2D eigenvalue weighted by Crippen LogP contribution is 2.09. The second-order valence-corrected chi connectivity index (χ2v) is 5.61. The van der Waals surface area contributed by atoms with Crippen molar-refractivity contribution >= 4 is 5.91 Å². The van der Waals surface area contributed by atoms with Gasteiger partial charge in [0.15, 0.2) is 5.76 Å². The third-order valence-electron chi connectivity index (χ3n) is 3.48. The number of carbonyl (C=O) groups excluding carboxylic acids is 1. The molecule has 1 atom stereocenters. The zero-order chi connectivity index (χ0) is 15.2. The summed E-state index contributed by atoms with van der Waals surface area (Å²) in [5.74, 6) is 0.317. The maximum atomic E-state index is 12.1. The van der Waals surface area contributed by atoms with E-state index in [1.807, 2.05) is 13.8 Å². The number of aliphatic hydroxyl groups excluding tert-OH is 1. The van der Waals surface area contributed by atoms with E-state index in [0.29, 0.717) is 32.0 Å². The molecule has 1 saturated heterocycles. The molecule has 1 unspecified atom stereocenters. The fourth-order valence-corrected chi connectivity index (χ4v) is 2.34. The topological polar surface area (TPSA) is 66.2 Å². The van der Waals surface area contributed by atoms with Crippen molar-refractivity contribution in [1.82, 2.24) is 9.80 Å². The average molecular weight is 296 g/mol. The maximum absolute atomic E-state index is 12.1. The van der Waals surface area contributed by atoms with E-state index in [1.54, 1.807) is 17.0 Å². The third kappa shape index (κ3) is 4.84. The molecule has 2 rings (SSSR count). The van der Waals surface area contributed by atoms with E-state index < -0.39 is 6.10 Å². The van der Waals surface area contributed by atoms with Gasteiger partial charge in [-0.15, -0.1) is 0 Å². The van der Waals surface area contributed by atoms with Crippen LogP contribution in [0.2, 0.25) is 0 Å². The van der Waals surface area contributed by atoms with Gasteiger partial charge in [-0.25, -0.2) is 0 Å². The number of hydrogen-bond donors (Lipinski definition) is 1. The quantitative estimate of drug-likeness (QED) is 0.842. The van der Waals surface area contributed by atoms with Crippen molar-refractivity contribution in [3.05, 3.63) is 24.2 Å². The Hall–Kier alpha value is -1.37. The van der Waals surface area contributed by atoms with Crippen molar-refractivity contribution in [2.75, 3.05) is 39.3 Å². The Bertz CT molecular complexity index is 425. The van der Waals surface area contributed by atoms with Crippen LogP contribution in [0.3, 0.4) is 0 Å². The molecule has 1 fully saturated rings. The number of carbonyl (C=O) groups is 1. The number of rotatable bonds is 6. The predicted molar refractivity (Wildman–Crippen MR) is 78.1 cm³/mol. The van der Waals surface area contributed by atoms with Crippen LogP contribution in [0.4, 0.5) is 0 Å². The van der Waals surface area contributed by atoms with E-state index in [4.69, 9.17) is 9.15 Å². The number of β-amino-alcohol motifs (C(OH)–C–C–N with tert-alkyl or cyclic N) is 1. The average Bonchev–Trinajstić information content (AvgIpc) is 2.99. The number of ether oxygens (including phenoxy) is 1. The van der Waals surface area contributed by atoms with Gasteiger partial charge in [0.25, 0.3) is 5.91 Å². The predicted octanol–water partition coefficient (Wildman–Crippen LogP) is 0.823. The molecular weight excluding hydrogens is 272 g/mol. The Morgan fingerprint density at radius 1 is 1.38 bits per heavy atom. The fraction of sp³-hybridized carbons (Fsp3) is 0.667. The Labute approximate surface area is 125 Å². The van der Waals surface area contributed by atoms with Gasteiger partial charge in [-0.05, 0) is 26.0 Å². The van der Waals surface area contributed by atoms with Crippen molar-refractivity contribution in [2.45, 2.75) is 26.1 Å². The van der Waals surface area contributed by atoms with Gasteiger partial charge in [0.05, 0.1) is 25.1 Å². The second kappa shape index (κ2) is 7.59. The lowest BCUT2D eigenvalue weighted by Gasteiger charge is -2.35. The van der Waals surface area contributed by atoms with Gasteiger partial charge in [-0.1, -0.05) is 0 Å². The molecule has 1 aromatic rings. The molecule has 0 aliphatic carbocycles. The van der Waals surface area contributed by atoms with Crippen molar-refractivity contribution in [3.63, 3.8) is 0 Å². The summed E-state index contributed by atoms with van der Waals surface area (Å²) in [6.07, 6.45) is 1.15. The Balaban J connectivity index is 1.72. The number of hydrogen-bond acceptors (Lipinski definition) is 5. The number of nitrogens with zero attached hydrogens (tertiary/aromatic N) is 2. The van der Waals surface area contributed by atoms with E-state index in [0.717, 1.165) is 13.1 Å². The molecule has 1 amide bonds. The Kier molecular flexibility index (Phi) is 5.78. The van der Waals surface area contributed by atoms with Crippen LogP contribution in [-0.2, 0) is 4.74 Å². The van der Waals surface area contributed by atoms with Crippen molar-refractivity contribution in [1.29, 1.82) is 0 Å². The zero-order valence-corrected chi connectivity index (χ0v) is 12.7. The monoisotopic (exact) mass is 296 g/mol. The largest absolute Gasteiger partial charge is 0.459 e. The van der Waals surface area contributed by atoms with E-state index in [2.05, 4.69) is 4.90 Å². The second-order valence-electron chi connectivity index (χ2n) is 5.61. The standard InChI is InChI=1S/C15H24N2O4/c1-12(2)21-11-13(18)10-16-5-7-17(8-6-16)15(19)14-4-3-9-20-14/h3-4,9,12-13,18H,5-8,10-11H2,1-2H3. The molecule has 118 valence electrons. The minimum atomic E-state index is -0.486. The molecule has 21 heavy (non-hydrogen) atoms. The molecule has 0 aromatic carbocycles. The van der Waals surface area contributed by atoms with Gasteiger partial charge in [-0.2, -0.15) is 0 Å². The van der Waals surface area contributed by atoms with Gasteiger partial charge < -0.3 is 19.2 Å². The summed E-state index contributed by atoms with van der Waals surface area (Å²) < 4.78 is 10.5. The first-order valence-electron chi connectivity index (χ1n) is 7.41. The van der Waals surface area contributed by atoms with Crippen LogP contribution in [0.25, 0.3) is 0 Å². The van der Waals surface area contributed by atoms with Crippen LogP contribution >= 0.6 is 0 Å². The summed E-state index contributed by atoms with van der Waals surface area (Å²) in [4.78, 5) is 16.0. The minimum Gasteiger partial charge on any atom is -0.459 e. The highest BCUT2D eigenvalue weighted by atomic mass is 16.5. The molecule has 0 spiro atoms. The lowest BCUT2D eigenvalue weighted by molar-refractivity contribution is -0.0139. The highest BCUT2D eigenvalue weighted by Gasteiger charge is 2.24. The molecule has 1 N–H and O–H groups in total. The molecule has 1 aromatic heterocycles. The molecule has 6 heteroatoms. The third-order valence-corrected chi connectivity index (χ3v) is 3.48.